The van der Waals surface area contributed by atoms with Gasteiger partial charge in [0.1, 0.15) is 0 Å². The molecular weight excluding hydrogens is 176 g/mol. The second-order valence-electron chi connectivity index (χ2n) is 4.39. The Balaban J connectivity index is 3.74. The molecule has 14 heavy (non-hydrogen) atoms. The first-order valence-corrected chi connectivity index (χ1v) is 5.58. The van der Waals surface area contributed by atoms with E-state index in [1.165, 1.54) is 0 Å². The molecule has 3 nitrogen and oxygen atoms in total. The van der Waals surface area contributed by atoms with Crippen LogP contribution in [-0.2, 0) is 0 Å². The van der Waals surface area contributed by atoms with E-state index in [-0.39, 0.29) is 6.10 Å². The molecule has 0 aromatic rings. The fourth-order valence-electron chi connectivity index (χ4n) is 1.38. The second kappa shape index (κ2) is 7.21. The largest absolute Gasteiger partial charge is 0.390 e. The van der Waals surface area contributed by atoms with Crippen molar-refractivity contribution in [2.45, 2.75) is 39.8 Å². The lowest BCUT2D eigenvalue weighted by Crippen LogP contribution is -2.42. The molecule has 0 amide bonds. The molecule has 0 aliphatic carbocycles. The van der Waals surface area contributed by atoms with Crippen molar-refractivity contribution in [3.05, 3.63) is 0 Å². The van der Waals surface area contributed by atoms with E-state index in [0.717, 1.165) is 13.1 Å². The Morgan fingerprint density at radius 1 is 1.29 bits per heavy atom. The quantitative estimate of drug-likeness (QED) is 0.645. The lowest BCUT2D eigenvalue weighted by Gasteiger charge is -2.29. The highest BCUT2D eigenvalue weighted by Crippen LogP contribution is 2.07. The first-order chi connectivity index (χ1) is 6.49. The predicted octanol–water partition coefficient (Wildman–Crippen LogP) is 0.933. The molecular formula is C11H26N2O. The molecule has 0 aromatic heterocycles. The number of hydrogen-bond donors (Lipinski definition) is 2. The molecule has 0 saturated heterocycles. The third-order valence-corrected chi connectivity index (χ3v) is 2.79. The molecule has 86 valence electrons. The summed E-state index contributed by atoms with van der Waals surface area (Å²) < 4.78 is 0. The van der Waals surface area contributed by atoms with Crippen molar-refractivity contribution >= 4 is 0 Å². The monoisotopic (exact) mass is 202 g/mol. The summed E-state index contributed by atoms with van der Waals surface area (Å²) in [4.78, 5) is 2.21. The molecule has 0 spiro atoms. The van der Waals surface area contributed by atoms with Crippen molar-refractivity contribution in [1.29, 1.82) is 0 Å². The van der Waals surface area contributed by atoms with Crippen LogP contribution in [0.1, 0.15) is 27.7 Å². The summed E-state index contributed by atoms with van der Waals surface area (Å²) in [6.45, 7) is 11.0. The van der Waals surface area contributed by atoms with E-state index in [9.17, 15) is 5.11 Å². The van der Waals surface area contributed by atoms with Gasteiger partial charge in [-0.05, 0) is 26.4 Å². The summed E-state index contributed by atoms with van der Waals surface area (Å²) >= 11 is 0. The molecule has 3 heteroatoms. The van der Waals surface area contributed by atoms with Crippen molar-refractivity contribution in [2.75, 3.05) is 26.7 Å². The normalized spacial score (nSPS) is 16.3. The van der Waals surface area contributed by atoms with Gasteiger partial charge in [0.15, 0.2) is 0 Å². The molecule has 0 fully saturated rings. The summed E-state index contributed by atoms with van der Waals surface area (Å²) in [6.07, 6.45) is -0.263. The number of hydrogen-bond acceptors (Lipinski definition) is 3. The number of rotatable bonds is 7. The third-order valence-electron chi connectivity index (χ3n) is 2.79. The van der Waals surface area contributed by atoms with Crippen LogP contribution in [0.3, 0.4) is 0 Å². The van der Waals surface area contributed by atoms with Gasteiger partial charge in [0.2, 0.25) is 0 Å². The van der Waals surface area contributed by atoms with E-state index in [4.69, 9.17) is 0 Å². The minimum Gasteiger partial charge on any atom is -0.390 e. The van der Waals surface area contributed by atoms with Gasteiger partial charge in [0, 0.05) is 19.1 Å². The van der Waals surface area contributed by atoms with Gasteiger partial charge in [-0.3, -0.25) is 0 Å². The van der Waals surface area contributed by atoms with Crippen LogP contribution in [0.4, 0.5) is 0 Å². The fourth-order valence-corrected chi connectivity index (χ4v) is 1.38. The molecule has 2 N–H and O–H groups in total. The Labute approximate surface area is 88.5 Å². The lowest BCUT2D eigenvalue weighted by atomic mass is 10.1. The van der Waals surface area contributed by atoms with E-state index in [2.05, 4.69) is 38.0 Å². The predicted molar refractivity (Wildman–Crippen MR) is 61.5 cm³/mol. The number of aliphatic hydroxyl groups excluding tert-OH is 1. The number of likely N-dealkylation sites (N-methyl/N-ethyl adjacent to an activating group) is 2. The average Bonchev–Trinajstić information content (AvgIpc) is 2.13. The van der Waals surface area contributed by atoms with Crippen molar-refractivity contribution in [3.63, 3.8) is 0 Å². The second-order valence-corrected chi connectivity index (χ2v) is 4.39. The number of aliphatic hydroxyl groups is 1. The van der Waals surface area contributed by atoms with Crippen LogP contribution in [0.15, 0.2) is 0 Å². The molecule has 0 aromatic carbocycles. The summed E-state index contributed by atoms with van der Waals surface area (Å²) in [5.74, 6) is 0.631. The maximum Gasteiger partial charge on any atom is 0.0791 e. The van der Waals surface area contributed by atoms with E-state index >= 15 is 0 Å². The van der Waals surface area contributed by atoms with Crippen LogP contribution in [0.5, 0.6) is 0 Å². The van der Waals surface area contributed by atoms with Crippen molar-refractivity contribution in [1.82, 2.24) is 10.2 Å². The van der Waals surface area contributed by atoms with Gasteiger partial charge in [-0.2, -0.15) is 0 Å². The molecule has 2 unspecified atom stereocenters. The van der Waals surface area contributed by atoms with Crippen LogP contribution < -0.4 is 5.32 Å². The summed E-state index contributed by atoms with van der Waals surface area (Å²) in [5.41, 5.74) is 0. The Morgan fingerprint density at radius 2 is 1.86 bits per heavy atom. The smallest absolute Gasteiger partial charge is 0.0791 e. The van der Waals surface area contributed by atoms with E-state index in [1.807, 2.05) is 6.92 Å². The molecule has 0 rings (SSSR count). The van der Waals surface area contributed by atoms with Crippen molar-refractivity contribution in [3.8, 4) is 0 Å². The van der Waals surface area contributed by atoms with Gasteiger partial charge in [-0.15, -0.1) is 0 Å². The lowest BCUT2D eigenvalue weighted by molar-refractivity contribution is 0.0950. The molecule has 0 radical (unpaired) electrons. The van der Waals surface area contributed by atoms with Gasteiger partial charge in [0.05, 0.1) is 6.10 Å². The highest BCUT2D eigenvalue weighted by Gasteiger charge is 2.15. The molecule has 2 atom stereocenters. The Morgan fingerprint density at radius 3 is 2.29 bits per heavy atom. The maximum absolute atomic E-state index is 9.68. The van der Waals surface area contributed by atoms with Crippen molar-refractivity contribution in [2.24, 2.45) is 5.92 Å². The minimum absolute atomic E-state index is 0.263. The topological polar surface area (TPSA) is 35.5 Å². The zero-order chi connectivity index (χ0) is 11.1. The first-order valence-electron chi connectivity index (χ1n) is 5.58. The van der Waals surface area contributed by atoms with Gasteiger partial charge in [-0.1, -0.05) is 20.8 Å². The fraction of sp³-hybridized carbons (Fsp3) is 1.00. The molecule has 0 saturated carbocycles. The highest BCUT2D eigenvalue weighted by atomic mass is 16.3. The number of nitrogens with zero attached hydrogens (tertiary/aromatic N) is 1. The van der Waals surface area contributed by atoms with E-state index in [0.29, 0.717) is 18.5 Å². The molecule has 0 bridgehead atoms. The zero-order valence-corrected chi connectivity index (χ0v) is 10.2. The van der Waals surface area contributed by atoms with Gasteiger partial charge in [-0.25, -0.2) is 0 Å². The average molecular weight is 202 g/mol. The molecule has 0 heterocycles. The molecule has 0 aliphatic heterocycles. The standard InChI is InChI=1S/C11H26N2O/c1-6-12-7-11(14)8-13(5)10(4)9(2)3/h9-12,14H,6-8H2,1-5H3. The van der Waals surface area contributed by atoms with Gasteiger partial charge in [0.25, 0.3) is 0 Å². The SMILES string of the molecule is CCNCC(O)CN(C)C(C)C(C)C. The Bertz CT molecular complexity index is 139. The van der Waals surface area contributed by atoms with Crippen LogP contribution in [0.25, 0.3) is 0 Å². The third kappa shape index (κ3) is 5.58. The number of nitrogens with one attached hydrogen (secondary N) is 1. The maximum atomic E-state index is 9.68. The van der Waals surface area contributed by atoms with E-state index in [1.54, 1.807) is 0 Å². The highest BCUT2D eigenvalue weighted by molar-refractivity contribution is 4.71. The van der Waals surface area contributed by atoms with Gasteiger partial charge < -0.3 is 15.3 Å². The first kappa shape index (κ1) is 13.9. The van der Waals surface area contributed by atoms with Crippen LogP contribution in [0, 0.1) is 5.92 Å². The van der Waals surface area contributed by atoms with Crippen LogP contribution >= 0.6 is 0 Å². The van der Waals surface area contributed by atoms with Crippen LogP contribution in [-0.4, -0.2) is 48.8 Å². The van der Waals surface area contributed by atoms with Gasteiger partial charge >= 0.3 is 0 Å². The summed E-state index contributed by atoms with van der Waals surface area (Å²) in [5, 5.41) is 12.8. The Kier molecular flexibility index (Phi) is 7.15. The minimum atomic E-state index is -0.263. The van der Waals surface area contributed by atoms with Crippen LogP contribution in [0.2, 0.25) is 0 Å². The molecule has 0 aliphatic rings. The van der Waals surface area contributed by atoms with Crippen molar-refractivity contribution < 1.29 is 5.11 Å². The zero-order valence-electron chi connectivity index (χ0n) is 10.2. The Hall–Kier alpha value is -0.120. The summed E-state index contributed by atoms with van der Waals surface area (Å²) in [6, 6.07) is 0.520. The summed E-state index contributed by atoms with van der Waals surface area (Å²) in [7, 11) is 2.07. The van der Waals surface area contributed by atoms with E-state index < -0.39 is 0 Å².